The van der Waals surface area contributed by atoms with Gasteiger partial charge in [0.05, 0.1) is 16.0 Å². The number of carbonyl (C=O) groups excluding carboxylic acids is 1. The lowest BCUT2D eigenvalue weighted by Crippen LogP contribution is -2.48. The van der Waals surface area contributed by atoms with Crippen molar-refractivity contribution >= 4 is 21.7 Å². The smallest absolute Gasteiger partial charge is 0.324 e. The standard InChI is InChI=1S/C21H21F6N3O3S/c1-29(34(32,33)18-5-3-2-4-6-18)17-7-9-30(10-8-17)19(31)28-16-12-14(20(22,23)24)11-15(13-16)21(25,26)27/h2-6,11-13,17H,7-10H2,1H3,(H,28,31). The second kappa shape index (κ2) is 9.45. The van der Waals surface area contributed by atoms with Gasteiger partial charge in [0.25, 0.3) is 0 Å². The Morgan fingerprint density at radius 3 is 1.91 bits per heavy atom. The van der Waals surface area contributed by atoms with Crippen LogP contribution in [0.2, 0.25) is 0 Å². The Labute approximate surface area is 192 Å². The van der Waals surface area contributed by atoms with Gasteiger partial charge in [0.2, 0.25) is 10.0 Å². The molecule has 186 valence electrons. The average Bonchev–Trinajstić information content (AvgIpc) is 2.78. The first-order valence-electron chi connectivity index (χ1n) is 10.1. The van der Waals surface area contributed by atoms with Gasteiger partial charge in [0.1, 0.15) is 0 Å². The zero-order valence-electron chi connectivity index (χ0n) is 17.8. The highest BCUT2D eigenvalue weighted by molar-refractivity contribution is 7.89. The fraction of sp³-hybridized carbons (Fsp3) is 0.381. The van der Waals surface area contributed by atoms with E-state index < -0.39 is 51.3 Å². The monoisotopic (exact) mass is 509 g/mol. The first kappa shape index (κ1) is 25.8. The molecule has 1 aliphatic rings. The Kier molecular flexibility index (Phi) is 7.18. The molecule has 0 bridgehead atoms. The van der Waals surface area contributed by atoms with E-state index in [4.69, 9.17) is 0 Å². The molecule has 1 aliphatic heterocycles. The molecule has 13 heteroatoms. The van der Waals surface area contributed by atoms with Crippen molar-refractivity contribution in [1.29, 1.82) is 0 Å². The number of piperidine rings is 1. The number of rotatable bonds is 4. The van der Waals surface area contributed by atoms with Crippen LogP contribution in [0.4, 0.5) is 36.8 Å². The van der Waals surface area contributed by atoms with Crippen molar-refractivity contribution in [3.8, 4) is 0 Å². The molecular weight excluding hydrogens is 488 g/mol. The third-order valence-corrected chi connectivity index (χ3v) is 7.45. The highest BCUT2D eigenvalue weighted by Gasteiger charge is 2.37. The molecule has 2 amide bonds. The number of nitrogens with zero attached hydrogens (tertiary/aromatic N) is 2. The van der Waals surface area contributed by atoms with E-state index in [1.807, 2.05) is 0 Å². The lowest BCUT2D eigenvalue weighted by atomic mass is 10.1. The molecule has 1 saturated heterocycles. The van der Waals surface area contributed by atoms with Crippen LogP contribution in [0, 0.1) is 0 Å². The van der Waals surface area contributed by atoms with E-state index in [9.17, 15) is 39.6 Å². The number of nitrogens with one attached hydrogen (secondary N) is 1. The first-order chi connectivity index (χ1) is 15.7. The topological polar surface area (TPSA) is 69.7 Å². The molecule has 0 aromatic heterocycles. The molecule has 3 rings (SSSR count). The van der Waals surface area contributed by atoms with E-state index >= 15 is 0 Å². The van der Waals surface area contributed by atoms with Gasteiger partial charge in [-0.1, -0.05) is 18.2 Å². The number of halogens is 6. The fourth-order valence-corrected chi connectivity index (χ4v) is 5.05. The van der Waals surface area contributed by atoms with Crippen LogP contribution in [0.25, 0.3) is 0 Å². The molecular formula is C21H21F6N3O3S. The van der Waals surface area contributed by atoms with Crippen LogP contribution in [0.1, 0.15) is 24.0 Å². The number of urea groups is 1. The molecule has 2 aromatic carbocycles. The number of likely N-dealkylation sites (tertiary alicyclic amines) is 1. The third-order valence-electron chi connectivity index (χ3n) is 5.53. The normalized spacial score (nSPS) is 16.1. The van der Waals surface area contributed by atoms with Gasteiger partial charge in [-0.2, -0.15) is 30.6 Å². The molecule has 34 heavy (non-hydrogen) atoms. The molecule has 0 radical (unpaired) electrons. The average molecular weight is 509 g/mol. The van der Waals surface area contributed by atoms with Gasteiger partial charge >= 0.3 is 18.4 Å². The highest BCUT2D eigenvalue weighted by atomic mass is 32.2. The summed E-state index contributed by atoms with van der Waals surface area (Å²) in [6, 6.07) is 7.30. The number of amides is 2. The Bertz CT molecular complexity index is 1100. The van der Waals surface area contributed by atoms with Gasteiger partial charge in [-0.25, -0.2) is 13.2 Å². The second-order valence-corrected chi connectivity index (χ2v) is 9.77. The predicted molar refractivity (Wildman–Crippen MR) is 111 cm³/mol. The van der Waals surface area contributed by atoms with E-state index in [0.717, 1.165) is 0 Å². The quantitative estimate of drug-likeness (QED) is 0.588. The lowest BCUT2D eigenvalue weighted by Gasteiger charge is -2.36. The van der Waals surface area contributed by atoms with Crippen molar-refractivity contribution in [2.24, 2.45) is 0 Å². The molecule has 0 spiro atoms. The minimum atomic E-state index is -5.03. The molecule has 6 nitrogen and oxygen atoms in total. The molecule has 1 fully saturated rings. The van der Waals surface area contributed by atoms with Gasteiger partial charge in [0.15, 0.2) is 0 Å². The minimum Gasteiger partial charge on any atom is -0.324 e. The van der Waals surface area contributed by atoms with Crippen LogP contribution in [0.5, 0.6) is 0 Å². The summed E-state index contributed by atoms with van der Waals surface area (Å²) in [6.07, 6.45) is -9.58. The number of hydrogen-bond donors (Lipinski definition) is 1. The van der Waals surface area contributed by atoms with Crippen molar-refractivity contribution in [3.63, 3.8) is 0 Å². The number of benzene rings is 2. The van der Waals surface area contributed by atoms with Crippen LogP contribution in [0.15, 0.2) is 53.4 Å². The maximum atomic E-state index is 13.0. The van der Waals surface area contributed by atoms with Crippen LogP contribution in [-0.4, -0.2) is 49.8 Å². The largest absolute Gasteiger partial charge is 0.416 e. The number of carbonyl (C=O) groups is 1. The highest BCUT2D eigenvalue weighted by Crippen LogP contribution is 2.37. The summed E-state index contributed by atoms with van der Waals surface area (Å²) in [6.45, 7) is 0.131. The maximum Gasteiger partial charge on any atom is 0.416 e. The Hall–Kier alpha value is -2.80. The van der Waals surface area contributed by atoms with Crippen molar-refractivity contribution in [2.75, 3.05) is 25.5 Å². The van der Waals surface area contributed by atoms with E-state index in [1.54, 1.807) is 18.2 Å². The minimum absolute atomic E-state index is 0.0237. The summed E-state index contributed by atoms with van der Waals surface area (Å²) in [5.41, 5.74) is -3.72. The zero-order chi connectivity index (χ0) is 25.3. The van der Waals surface area contributed by atoms with Crippen molar-refractivity contribution < 1.29 is 39.6 Å². The molecule has 0 unspecified atom stereocenters. The van der Waals surface area contributed by atoms with Crippen molar-refractivity contribution in [2.45, 2.75) is 36.1 Å². The van der Waals surface area contributed by atoms with E-state index in [0.29, 0.717) is 12.1 Å². The summed E-state index contributed by atoms with van der Waals surface area (Å²) < 4.78 is 105. The number of hydrogen-bond acceptors (Lipinski definition) is 3. The molecule has 0 saturated carbocycles. The summed E-state index contributed by atoms with van der Waals surface area (Å²) >= 11 is 0. The SMILES string of the molecule is CN(C1CCN(C(=O)Nc2cc(C(F)(F)F)cc(C(F)(F)F)c2)CC1)S(=O)(=O)c1ccccc1. The lowest BCUT2D eigenvalue weighted by molar-refractivity contribution is -0.143. The Morgan fingerprint density at radius 1 is 0.941 bits per heavy atom. The van der Waals surface area contributed by atoms with Crippen LogP contribution >= 0.6 is 0 Å². The van der Waals surface area contributed by atoms with Gasteiger partial charge in [-0.15, -0.1) is 0 Å². The second-order valence-electron chi connectivity index (χ2n) is 7.78. The van der Waals surface area contributed by atoms with Gasteiger partial charge in [-0.3, -0.25) is 0 Å². The van der Waals surface area contributed by atoms with Gasteiger partial charge in [0, 0.05) is 31.9 Å². The van der Waals surface area contributed by atoms with Gasteiger partial charge < -0.3 is 10.2 Å². The number of sulfonamides is 1. The number of anilines is 1. The molecule has 2 aromatic rings. The van der Waals surface area contributed by atoms with Crippen molar-refractivity contribution in [3.05, 3.63) is 59.7 Å². The fourth-order valence-electron chi connectivity index (χ4n) is 3.62. The molecule has 1 N–H and O–H groups in total. The van der Waals surface area contributed by atoms with E-state index in [1.165, 1.54) is 28.4 Å². The van der Waals surface area contributed by atoms with Crippen LogP contribution < -0.4 is 5.32 Å². The third kappa shape index (κ3) is 5.81. The van der Waals surface area contributed by atoms with E-state index in [2.05, 4.69) is 5.32 Å². The van der Waals surface area contributed by atoms with Crippen LogP contribution in [-0.2, 0) is 22.4 Å². The van der Waals surface area contributed by atoms with E-state index in [-0.39, 0.29) is 36.9 Å². The Morgan fingerprint density at radius 2 is 1.44 bits per heavy atom. The molecule has 0 atom stereocenters. The predicted octanol–water partition coefficient (Wildman–Crippen LogP) is 5.04. The summed E-state index contributed by atoms with van der Waals surface area (Å²) in [4.78, 5) is 13.8. The first-order valence-corrected chi connectivity index (χ1v) is 11.5. The maximum absolute atomic E-state index is 13.0. The zero-order valence-corrected chi connectivity index (χ0v) is 18.6. The summed E-state index contributed by atoms with van der Waals surface area (Å²) in [7, 11) is -2.34. The molecule has 1 heterocycles. The molecule has 0 aliphatic carbocycles. The van der Waals surface area contributed by atoms with Crippen molar-refractivity contribution in [1.82, 2.24) is 9.21 Å². The van der Waals surface area contributed by atoms with Crippen LogP contribution in [0.3, 0.4) is 0 Å². The Balaban J connectivity index is 1.68. The number of alkyl halides is 6. The summed E-state index contributed by atoms with van der Waals surface area (Å²) in [5.74, 6) is 0. The van der Waals surface area contributed by atoms with Gasteiger partial charge in [-0.05, 0) is 43.2 Å². The summed E-state index contributed by atoms with van der Waals surface area (Å²) in [5, 5.41) is 2.09.